The molecule has 3 aromatic heterocycles. The number of carbonyl (C=O) groups excluding carboxylic acids is 1. The van der Waals surface area contributed by atoms with Gasteiger partial charge in [0.2, 0.25) is 23.2 Å². The molecule has 0 bridgehead atoms. The maximum atomic E-state index is 14.6. The minimum atomic E-state index is -2.94. The molecule has 9 nitrogen and oxygen atoms in total. The van der Waals surface area contributed by atoms with Gasteiger partial charge in [-0.15, -0.1) is 0 Å². The van der Waals surface area contributed by atoms with E-state index in [1.165, 1.54) is 31.6 Å². The highest BCUT2D eigenvalue weighted by Crippen LogP contribution is 2.40. The maximum absolute atomic E-state index is 14.6. The summed E-state index contributed by atoms with van der Waals surface area (Å²) in [5.74, 6) is -3.00. The van der Waals surface area contributed by atoms with Gasteiger partial charge in [0.25, 0.3) is 5.92 Å². The smallest absolute Gasteiger partial charge is 0.257 e. The second kappa shape index (κ2) is 10.2. The first-order chi connectivity index (χ1) is 16.7. The molecular weight excluding hydrogens is 460 g/mol. The molecule has 4 rings (SSSR count). The fraction of sp³-hybridized carbons (Fsp3) is 0.333. The first-order valence-electron chi connectivity index (χ1n) is 11.0. The third-order valence-electron chi connectivity index (χ3n) is 5.91. The van der Waals surface area contributed by atoms with Crippen LogP contribution in [-0.4, -0.2) is 57.9 Å². The minimum absolute atomic E-state index is 0.0264. The summed E-state index contributed by atoms with van der Waals surface area (Å²) in [5, 5.41) is 2.71. The first-order valence-corrected chi connectivity index (χ1v) is 11.0. The summed E-state index contributed by atoms with van der Waals surface area (Å²) in [5.41, 5.74) is -0.0316. The molecule has 35 heavy (non-hydrogen) atoms. The van der Waals surface area contributed by atoms with Crippen LogP contribution in [0.1, 0.15) is 24.8 Å². The van der Waals surface area contributed by atoms with E-state index in [-0.39, 0.29) is 24.6 Å². The molecule has 1 aliphatic heterocycles. The summed E-state index contributed by atoms with van der Waals surface area (Å²) < 4.78 is 39.9. The monoisotopic (exact) mass is 485 g/mol. The largest absolute Gasteiger partial charge is 0.481 e. The van der Waals surface area contributed by atoms with Gasteiger partial charge in [-0.3, -0.25) is 14.5 Å². The summed E-state index contributed by atoms with van der Waals surface area (Å²) in [6.07, 6.45) is 2.36. The molecule has 2 N–H and O–H groups in total. The molecule has 0 aromatic carbocycles. The molecule has 0 radical (unpaired) electrons. The normalized spacial score (nSPS) is 18.5. The fourth-order valence-electron chi connectivity index (χ4n) is 3.86. The minimum Gasteiger partial charge on any atom is -0.481 e. The van der Waals surface area contributed by atoms with Crippen LogP contribution in [0.4, 0.5) is 14.6 Å². The van der Waals surface area contributed by atoms with E-state index in [1.54, 1.807) is 42.2 Å². The van der Waals surface area contributed by atoms with E-state index < -0.39 is 24.3 Å². The van der Waals surface area contributed by atoms with E-state index >= 15 is 0 Å². The standard InChI is InChI=1S/C24H25F2N5O4/c1-15(31-11-10-24(25,26)18(14-31)16-6-9-20(32)28-12-16)23(33)29-19-8-7-17(13-27-19)35-22-5-3-4-21(30-22)34-2/h3-9,12-13,15,18H,10-11,14H2,1-2H3,(H,28,32)(H,27,29,33)/t15?,18-/m1/s1. The highest BCUT2D eigenvalue weighted by Gasteiger charge is 2.46. The van der Waals surface area contributed by atoms with Gasteiger partial charge in [-0.05, 0) is 24.6 Å². The molecule has 184 valence electrons. The van der Waals surface area contributed by atoms with Gasteiger partial charge >= 0.3 is 0 Å². The van der Waals surface area contributed by atoms with Crippen molar-refractivity contribution in [2.24, 2.45) is 0 Å². The Morgan fingerprint density at radius 3 is 2.71 bits per heavy atom. The number of alkyl halides is 2. The number of halogens is 2. The number of aromatic amines is 1. The van der Waals surface area contributed by atoms with E-state index in [0.29, 0.717) is 28.9 Å². The Labute approximate surface area is 200 Å². The molecule has 1 aliphatic rings. The third-order valence-corrected chi connectivity index (χ3v) is 5.91. The molecule has 0 spiro atoms. The molecule has 1 saturated heterocycles. The molecule has 0 aliphatic carbocycles. The van der Waals surface area contributed by atoms with Gasteiger partial charge < -0.3 is 19.8 Å². The van der Waals surface area contributed by atoms with Gasteiger partial charge in [0, 0.05) is 43.9 Å². The highest BCUT2D eigenvalue weighted by molar-refractivity contribution is 5.93. The van der Waals surface area contributed by atoms with Crippen LogP contribution in [-0.2, 0) is 4.79 Å². The Morgan fingerprint density at radius 2 is 2.03 bits per heavy atom. The quantitative estimate of drug-likeness (QED) is 0.528. The number of pyridine rings is 3. The van der Waals surface area contributed by atoms with Crippen LogP contribution in [0.2, 0.25) is 0 Å². The van der Waals surface area contributed by atoms with E-state index in [2.05, 4.69) is 20.3 Å². The number of anilines is 1. The summed E-state index contributed by atoms with van der Waals surface area (Å²) in [6.45, 7) is 1.70. The molecule has 3 aromatic rings. The van der Waals surface area contributed by atoms with Gasteiger partial charge in [-0.25, -0.2) is 13.8 Å². The zero-order valence-electron chi connectivity index (χ0n) is 19.2. The average Bonchev–Trinajstić information content (AvgIpc) is 2.85. The van der Waals surface area contributed by atoms with Crippen molar-refractivity contribution >= 4 is 11.7 Å². The topological polar surface area (TPSA) is 109 Å². The van der Waals surface area contributed by atoms with Gasteiger partial charge in [0.1, 0.15) is 11.6 Å². The van der Waals surface area contributed by atoms with Crippen LogP contribution >= 0.6 is 0 Å². The number of aromatic nitrogens is 3. The molecular formula is C24H25F2N5O4. The summed E-state index contributed by atoms with van der Waals surface area (Å²) in [6, 6.07) is 10.3. The van der Waals surface area contributed by atoms with Crippen LogP contribution in [0, 0.1) is 0 Å². The second-order valence-electron chi connectivity index (χ2n) is 8.21. The Kier molecular flexibility index (Phi) is 7.06. The van der Waals surface area contributed by atoms with E-state index in [1.807, 2.05) is 0 Å². The Hall–Kier alpha value is -3.86. The Bertz CT molecular complexity index is 1210. The molecule has 1 fully saturated rings. The Morgan fingerprint density at radius 1 is 1.23 bits per heavy atom. The molecule has 1 amide bonds. The number of amides is 1. The van der Waals surface area contributed by atoms with Gasteiger partial charge in [0.15, 0.2) is 0 Å². The lowest BCUT2D eigenvalue weighted by molar-refractivity contribution is -0.125. The fourth-order valence-corrected chi connectivity index (χ4v) is 3.86. The van der Waals surface area contributed by atoms with Crippen LogP contribution in [0.15, 0.2) is 59.7 Å². The van der Waals surface area contributed by atoms with E-state index in [0.717, 1.165) is 0 Å². The van der Waals surface area contributed by atoms with Crippen LogP contribution in [0.5, 0.6) is 17.5 Å². The summed E-state index contributed by atoms with van der Waals surface area (Å²) in [4.78, 5) is 36.6. The summed E-state index contributed by atoms with van der Waals surface area (Å²) in [7, 11) is 1.51. The number of nitrogens with zero attached hydrogens (tertiary/aromatic N) is 3. The van der Waals surface area contributed by atoms with Gasteiger partial charge in [-0.2, -0.15) is 4.98 Å². The van der Waals surface area contributed by atoms with Crippen molar-refractivity contribution in [3.8, 4) is 17.5 Å². The number of ether oxygens (including phenoxy) is 2. The van der Waals surface area contributed by atoms with E-state index in [4.69, 9.17) is 9.47 Å². The third kappa shape index (κ3) is 5.80. The number of likely N-dealkylation sites (tertiary alicyclic amines) is 1. The van der Waals surface area contributed by atoms with E-state index in [9.17, 15) is 18.4 Å². The zero-order chi connectivity index (χ0) is 25.0. The van der Waals surface area contributed by atoms with Gasteiger partial charge in [-0.1, -0.05) is 12.1 Å². The van der Waals surface area contributed by atoms with Crippen molar-refractivity contribution in [1.29, 1.82) is 0 Å². The lowest BCUT2D eigenvalue weighted by Crippen LogP contribution is -2.52. The van der Waals surface area contributed by atoms with Crippen LogP contribution in [0.25, 0.3) is 0 Å². The SMILES string of the molecule is COc1cccc(Oc2ccc(NC(=O)C(C)N3CCC(F)(F)[C@@H](c4ccc(=O)[nH]c4)C3)nc2)n1. The number of hydrogen-bond acceptors (Lipinski definition) is 7. The van der Waals surface area contributed by atoms with Crippen LogP contribution in [0.3, 0.4) is 0 Å². The maximum Gasteiger partial charge on any atom is 0.257 e. The van der Waals surface area contributed by atoms with Crippen molar-refractivity contribution < 1.29 is 23.0 Å². The first kappa shape index (κ1) is 24.3. The predicted molar refractivity (Wildman–Crippen MR) is 124 cm³/mol. The number of rotatable bonds is 7. The molecule has 1 unspecified atom stereocenters. The number of piperidine rings is 1. The van der Waals surface area contributed by atoms with Crippen molar-refractivity contribution in [3.63, 3.8) is 0 Å². The lowest BCUT2D eigenvalue weighted by Gasteiger charge is -2.40. The van der Waals surface area contributed by atoms with Crippen LogP contribution < -0.4 is 20.3 Å². The number of hydrogen-bond donors (Lipinski definition) is 2. The molecule has 11 heteroatoms. The lowest BCUT2D eigenvalue weighted by atomic mass is 9.87. The zero-order valence-corrected chi connectivity index (χ0v) is 19.2. The number of H-pyrrole nitrogens is 1. The van der Waals surface area contributed by atoms with Crippen molar-refractivity contribution in [1.82, 2.24) is 19.9 Å². The average molecular weight is 485 g/mol. The molecule has 2 atom stereocenters. The summed E-state index contributed by atoms with van der Waals surface area (Å²) >= 11 is 0. The second-order valence-corrected chi connectivity index (χ2v) is 8.21. The number of methoxy groups -OCH3 is 1. The molecule has 4 heterocycles. The van der Waals surface area contributed by atoms with Crippen molar-refractivity contribution in [2.75, 3.05) is 25.5 Å². The Balaban J connectivity index is 1.38. The number of carbonyl (C=O) groups is 1. The molecule has 0 saturated carbocycles. The van der Waals surface area contributed by atoms with Gasteiger partial charge in [0.05, 0.1) is 25.3 Å². The highest BCUT2D eigenvalue weighted by atomic mass is 19.3. The van der Waals surface area contributed by atoms with Crippen molar-refractivity contribution in [2.45, 2.75) is 31.2 Å². The predicted octanol–water partition coefficient (Wildman–Crippen LogP) is 3.42. The van der Waals surface area contributed by atoms with Crippen molar-refractivity contribution in [3.05, 3.63) is 70.8 Å². The number of nitrogens with one attached hydrogen (secondary N) is 2.